The zero-order chi connectivity index (χ0) is 18.7. The Kier molecular flexibility index (Phi) is 5.15. The van der Waals surface area contributed by atoms with Gasteiger partial charge in [0.15, 0.2) is 5.92 Å². The van der Waals surface area contributed by atoms with Gasteiger partial charge < -0.3 is 9.47 Å². The van der Waals surface area contributed by atoms with E-state index in [1.54, 1.807) is 0 Å². The minimum Gasteiger partial charge on any atom is -0.422 e. The molecule has 0 amide bonds. The molecule has 1 fully saturated rings. The molecule has 0 aliphatic carbocycles. The maximum absolute atomic E-state index is 12.5. The topological polar surface area (TPSA) is 52.6 Å². The van der Waals surface area contributed by atoms with Crippen molar-refractivity contribution in [1.82, 2.24) is 0 Å². The molecule has 1 aliphatic rings. The largest absolute Gasteiger partial charge is 0.422 e. The lowest BCUT2D eigenvalue weighted by Gasteiger charge is -2.34. The van der Waals surface area contributed by atoms with Crippen LogP contribution in [0.4, 0.5) is 0 Å². The number of carbonyl (C=O) groups excluding carboxylic acids is 2. The quantitative estimate of drug-likeness (QED) is 0.424. The molecule has 0 aromatic heterocycles. The zero-order valence-electron chi connectivity index (χ0n) is 14.4. The molecule has 1 aliphatic heterocycles. The second kappa shape index (κ2) is 7.35. The minimum absolute atomic E-state index is 0.624. The molecule has 0 spiro atoms. The second-order valence-corrected chi connectivity index (χ2v) is 7.30. The molecule has 1 saturated heterocycles. The first kappa shape index (κ1) is 18.2. The molecule has 5 heteroatoms. The highest BCUT2D eigenvalue weighted by Crippen LogP contribution is 2.33. The van der Waals surface area contributed by atoms with Crippen molar-refractivity contribution in [2.75, 3.05) is 0 Å². The van der Waals surface area contributed by atoms with Crippen LogP contribution in [0.5, 0.6) is 0 Å². The number of cyclic esters (lactones) is 2. The fourth-order valence-corrected chi connectivity index (χ4v) is 2.98. The highest BCUT2D eigenvalue weighted by molar-refractivity contribution is 9.10. The van der Waals surface area contributed by atoms with Crippen LogP contribution in [0.25, 0.3) is 0 Å². The number of hydrogen-bond acceptors (Lipinski definition) is 4. The average molecular weight is 413 g/mol. The molecule has 4 nitrogen and oxygen atoms in total. The number of hydrogen-bond donors (Lipinski definition) is 0. The summed E-state index contributed by atoms with van der Waals surface area (Å²) in [6, 6.07) is 16.7. The zero-order valence-corrected chi connectivity index (χ0v) is 15.9. The molecule has 2 aromatic rings. The molecule has 2 aromatic carbocycles. The molecule has 1 atom stereocenters. The summed E-state index contributed by atoms with van der Waals surface area (Å²) in [6.45, 7) is 3.06. The standard InChI is InChI=1S/C21H17BrO4/c1-21(2)25-19(23)18(20(24)26-21)17(15-9-11-16(22)12-10-15)13-8-14-6-4-3-5-7-14/h3-7,9-12,17-18H,1-2H3/t17-/m1/s1. The van der Waals surface area contributed by atoms with Gasteiger partial charge in [0.25, 0.3) is 5.79 Å². The fourth-order valence-electron chi connectivity index (χ4n) is 2.71. The molecule has 0 bridgehead atoms. The fraction of sp³-hybridized carbons (Fsp3) is 0.238. The third-order valence-corrected chi connectivity index (χ3v) is 4.44. The third kappa shape index (κ3) is 4.14. The maximum Gasteiger partial charge on any atom is 0.325 e. The Bertz CT molecular complexity index is 856. The number of esters is 2. The smallest absolute Gasteiger partial charge is 0.325 e. The van der Waals surface area contributed by atoms with Gasteiger partial charge in [-0.2, -0.15) is 0 Å². The van der Waals surface area contributed by atoms with Crippen LogP contribution in [0.15, 0.2) is 59.1 Å². The first-order valence-electron chi connectivity index (χ1n) is 8.13. The van der Waals surface area contributed by atoms with Crippen LogP contribution in [0.2, 0.25) is 0 Å². The monoisotopic (exact) mass is 412 g/mol. The van der Waals surface area contributed by atoms with E-state index in [1.165, 1.54) is 13.8 Å². The van der Waals surface area contributed by atoms with Gasteiger partial charge in [0, 0.05) is 23.9 Å². The third-order valence-electron chi connectivity index (χ3n) is 3.91. The molecule has 132 valence electrons. The van der Waals surface area contributed by atoms with Crippen molar-refractivity contribution >= 4 is 27.9 Å². The summed E-state index contributed by atoms with van der Waals surface area (Å²) in [5.74, 6) is 1.80. The molecular formula is C21H17BrO4. The van der Waals surface area contributed by atoms with Crippen molar-refractivity contribution in [3.05, 3.63) is 70.2 Å². The van der Waals surface area contributed by atoms with Gasteiger partial charge >= 0.3 is 11.9 Å². The summed E-state index contributed by atoms with van der Waals surface area (Å²) in [4.78, 5) is 25.0. The van der Waals surface area contributed by atoms with Gasteiger partial charge in [-0.05, 0) is 29.8 Å². The lowest BCUT2D eigenvalue weighted by Crippen LogP contribution is -2.48. The first-order valence-corrected chi connectivity index (χ1v) is 8.93. The number of benzene rings is 2. The second-order valence-electron chi connectivity index (χ2n) is 6.38. The number of halogens is 1. The van der Waals surface area contributed by atoms with Crippen molar-refractivity contribution in [1.29, 1.82) is 0 Å². The van der Waals surface area contributed by atoms with E-state index in [-0.39, 0.29) is 0 Å². The summed E-state index contributed by atoms with van der Waals surface area (Å²) in [7, 11) is 0. The summed E-state index contributed by atoms with van der Waals surface area (Å²) in [5, 5.41) is 0. The molecule has 26 heavy (non-hydrogen) atoms. The SMILES string of the molecule is CC1(C)OC(=O)C([C@H](C#Cc2ccccc2)c2ccc(Br)cc2)C(=O)O1. The molecule has 0 N–H and O–H groups in total. The van der Waals surface area contributed by atoms with E-state index < -0.39 is 29.6 Å². The van der Waals surface area contributed by atoms with Gasteiger partial charge in [-0.15, -0.1) is 0 Å². The van der Waals surface area contributed by atoms with Crippen LogP contribution < -0.4 is 0 Å². The highest BCUT2D eigenvalue weighted by Gasteiger charge is 2.47. The van der Waals surface area contributed by atoms with Gasteiger partial charge in [-0.25, -0.2) is 0 Å². The maximum atomic E-state index is 12.5. The Morgan fingerprint density at radius 2 is 1.54 bits per heavy atom. The van der Waals surface area contributed by atoms with E-state index in [2.05, 4.69) is 27.8 Å². The highest BCUT2D eigenvalue weighted by atomic mass is 79.9. The van der Waals surface area contributed by atoms with E-state index in [0.29, 0.717) is 0 Å². The average Bonchev–Trinajstić information content (AvgIpc) is 2.58. The van der Waals surface area contributed by atoms with Crippen LogP contribution in [-0.2, 0) is 19.1 Å². The van der Waals surface area contributed by atoms with Crippen molar-refractivity contribution in [2.24, 2.45) is 5.92 Å². The molecule has 0 radical (unpaired) electrons. The van der Waals surface area contributed by atoms with Gasteiger partial charge in [0.05, 0.1) is 5.92 Å². The van der Waals surface area contributed by atoms with Crippen LogP contribution in [0, 0.1) is 17.8 Å². The van der Waals surface area contributed by atoms with Crippen LogP contribution in [0.1, 0.15) is 30.9 Å². The van der Waals surface area contributed by atoms with E-state index in [1.807, 2.05) is 54.6 Å². The molecule has 0 saturated carbocycles. The number of carbonyl (C=O) groups is 2. The summed E-state index contributed by atoms with van der Waals surface area (Å²) < 4.78 is 11.4. The number of ether oxygens (including phenoxy) is 2. The van der Waals surface area contributed by atoms with Gasteiger partial charge in [0.2, 0.25) is 0 Å². The normalized spacial score (nSPS) is 17.5. The van der Waals surface area contributed by atoms with Crippen LogP contribution in [-0.4, -0.2) is 17.7 Å². The summed E-state index contributed by atoms with van der Waals surface area (Å²) in [5.41, 5.74) is 1.54. The van der Waals surface area contributed by atoms with Crippen molar-refractivity contribution in [3.63, 3.8) is 0 Å². The Balaban J connectivity index is 2.01. The lowest BCUT2D eigenvalue weighted by molar-refractivity contribution is -0.240. The van der Waals surface area contributed by atoms with E-state index in [4.69, 9.17) is 9.47 Å². The molecule has 1 heterocycles. The Morgan fingerprint density at radius 3 is 2.12 bits per heavy atom. The lowest BCUT2D eigenvalue weighted by atomic mass is 9.85. The van der Waals surface area contributed by atoms with Crippen molar-refractivity contribution in [2.45, 2.75) is 25.6 Å². The number of rotatable bonds is 2. The predicted octanol–water partition coefficient (Wildman–Crippen LogP) is 4.04. The molecular weight excluding hydrogens is 396 g/mol. The van der Waals surface area contributed by atoms with Crippen LogP contribution >= 0.6 is 15.9 Å². The van der Waals surface area contributed by atoms with E-state index in [9.17, 15) is 9.59 Å². The predicted molar refractivity (Wildman–Crippen MR) is 100.0 cm³/mol. The van der Waals surface area contributed by atoms with E-state index >= 15 is 0 Å². The van der Waals surface area contributed by atoms with Gasteiger partial charge in [0.1, 0.15) is 0 Å². The van der Waals surface area contributed by atoms with Crippen molar-refractivity contribution in [3.8, 4) is 11.8 Å². The Morgan fingerprint density at radius 1 is 0.962 bits per heavy atom. The molecule has 3 rings (SSSR count). The minimum atomic E-state index is -1.26. The van der Waals surface area contributed by atoms with Crippen molar-refractivity contribution < 1.29 is 19.1 Å². The summed E-state index contributed by atoms with van der Waals surface area (Å²) >= 11 is 3.39. The Hall–Kier alpha value is -2.58. The van der Waals surface area contributed by atoms with E-state index in [0.717, 1.165) is 15.6 Å². The molecule has 0 unspecified atom stereocenters. The van der Waals surface area contributed by atoms with Gasteiger partial charge in [-0.3, -0.25) is 9.59 Å². The Labute approximate surface area is 160 Å². The van der Waals surface area contributed by atoms with Crippen LogP contribution in [0.3, 0.4) is 0 Å². The summed E-state index contributed by atoms with van der Waals surface area (Å²) in [6.07, 6.45) is 0. The first-order chi connectivity index (χ1) is 12.4. The van der Waals surface area contributed by atoms with Gasteiger partial charge in [-0.1, -0.05) is 58.1 Å².